The van der Waals surface area contributed by atoms with Gasteiger partial charge in [-0.15, -0.1) is 0 Å². The maximum atomic E-state index is 11.0. The molecule has 6 heteroatoms. The van der Waals surface area contributed by atoms with E-state index >= 15 is 0 Å². The topological polar surface area (TPSA) is 85.2 Å². The van der Waals surface area contributed by atoms with Crippen LogP contribution in [-0.4, -0.2) is 53.0 Å². The van der Waals surface area contributed by atoms with E-state index < -0.39 is 36.2 Å². The number of esters is 1. The molecule has 0 aliphatic carbocycles. The van der Waals surface area contributed by atoms with Crippen LogP contribution in [0.3, 0.4) is 0 Å². The smallest absolute Gasteiger partial charge is 0.338 e. The van der Waals surface area contributed by atoms with Gasteiger partial charge in [0.2, 0.25) is 0 Å². The highest BCUT2D eigenvalue weighted by Gasteiger charge is 2.50. The summed E-state index contributed by atoms with van der Waals surface area (Å²) in [4.78, 5) is 11.0. The van der Waals surface area contributed by atoms with Crippen molar-refractivity contribution in [1.29, 1.82) is 0 Å². The van der Waals surface area contributed by atoms with Crippen molar-refractivity contribution in [2.75, 3.05) is 6.61 Å². The lowest BCUT2D eigenvalue weighted by Gasteiger charge is -2.21. The number of cyclic esters (lactones) is 1. The zero-order valence-corrected chi connectivity index (χ0v) is 8.54. The SMILES string of the molecule is CC1(C)OC[C@H]([C@H]2OC(=O)[C@@H](O)[C@H]2O)O1. The minimum atomic E-state index is -1.48. The van der Waals surface area contributed by atoms with Crippen LogP contribution in [0.4, 0.5) is 0 Å². The summed E-state index contributed by atoms with van der Waals surface area (Å²) in [7, 11) is 0. The largest absolute Gasteiger partial charge is 0.455 e. The van der Waals surface area contributed by atoms with Crippen LogP contribution in [0.25, 0.3) is 0 Å². The highest BCUT2D eigenvalue weighted by molar-refractivity contribution is 5.77. The molecule has 6 nitrogen and oxygen atoms in total. The van der Waals surface area contributed by atoms with Crippen molar-refractivity contribution in [1.82, 2.24) is 0 Å². The van der Waals surface area contributed by atoms with E-state index in [0.29, 0.717) is 0 Å². The number of carbonyl (C=O) groups excluding carboxylic acids is 1. The first-order valence-corrected chi connectivity index (χ1v) is 4.79. The van der Waals surface area contributed by atoms with Gasteiger partial charge in [0, 0.05) is 0 Å². The average Bonchev–Trinajstić information content (AvgIpc) is 2.62. The van der Waals surface area contributed by atoms with Gasteiger partial charge in [0.25, 0.3) is 0 Å². The quantitative estimate of drug-likeness (QED) is 0.537. The van der Waals surface area contributed by atoms with Crippen molar-refractivity contribution in [2.24, 2.45) is 0 Å². The second-order valence-corrected chi connectivity index (χ2v) is 4.20. The molecule has 2 fully saturated rings. The van der Waals surface area contributed by atoms with Crippen molar-refractivity contribution < 1.29 is 29.2 Å². The lowest BCUT2D eigenvalue weighted by Crippen LogP contribution is -2.40. The van der Waals surface area contributed by atoms with Crippen molar-refractivity contribution >= 4 is 5.97 Å². The summed E-state index contributed by atoms with van der Waals surface area (Å²) in [6.45, 7) is 3.69. The van der Waals surface area contributed by atoms with Gasteiger partial charge in [0.15, 0.2) is 18.0 Å². The Morgan fingerprint density at radius 3 is 2.47 bits per heavy atom. The maximum absolute atomic E-state index is 11.0. The molecule has 0 aromatic heterocycles. The fourth-order valence-corrected chi connectivity index (χ4v) is 1.77. The number of hydrogen-bond donors (Lipinski definition) is 2. The summed E-state index contributed by atoms with van der Waals surface area (Å²) in [5.41, 5.74) is 0. The highest BCUT2D eigenvalue weighted by atomic mass is 16.8. The van der Waals surface area contributed by atoms with Crippen LogP contribution in [0, 0.1) is 0 Å². The fraction of sp³-hybridized carbons (Fsp3) is 0.889. The first-order chi connectivity index (χ1) is 6.91. The molecule has 2 aliphatic heterocycles. The molecule has 2 rings (SSSR count). The van der Waals surface area contributed by atoms with Crippen LogP contribution >= 0.6 is 0 Å². The Kier molecular flexibility index (Phi) is 2.46. The normalized spacial score (nSPS) is 44.4. The predicted molar refractivity (Wildman–Crippen MR) is 46.8 cm³/mol. The van der Waals surface area contributed by atoms with Crippen LogP contribution in [-0.2, 0) is 19.0 Å². The van der Waals surface area contributed by atoms with Gasteiger partial charge in [-0.3, -0.25) is 0 Å². The lowest BCUT2D eigenvalue weighted by atomic mass is 10.1. The first kappa shape index (κ1) is 10.8. The Hall–Kier alpha value is -0.690. The zero-order valence-electron chi connectivity index (χ0n) is 8.54. The molecule has 2 saturated heterocycles. The molecule has 0 spiro atoms. The maximum Gasteiger partial charge on any atom is 0.338 e. The minimum Gasteiger partial charge on any atom is -0.455 e. The third kappa shape index (κ3) is 1.85. The van der Waals surface area contributed by atoms with E-state index in [4.69, 9.17) is 14.2 Å². The molecule has 0 amide bonds. The van der Waals surface area contributed by atoms with Crippen LogP contribution in [0.5, 0.6) is 0 Å². The highest BCUT2D eigenvalue weighted by Crippen LogP contribution is 2.30. The molecule has 2 N–H and O–H groups in total. The Bertz CT molecular complexity index is 276. The van der Waals surface area contributed by atoms with Crippen LogP contribution in [0.15, 0.2) is 0 Å². The van der Waals surface area contributed by atoms with Crippen LogP contribution in [0.2, 0.25) is 0 Å². The van der Waals surface area contributed by atoms with Crippen LogP contribution < -0.4 is 0 Å². The van der Waals surface area contributed by atoms with E-state index in [1.807, 2.05) is 0 Å². The van der Waals surface area contributed by atoms with E-state index in [0.717, 1.165) is 0 Å². The molecular weight excluding hydrogens is 204 g/mol. The number of aliphatic hydroxyl groups is 2. The number of rotatable bonds is 1. The average molecular weight is 218 g/mol. The second-order valence-electron chi connectivity index (χ2n) is 4.20. The molecule has 0 aromatic rings. The summed E-state index contributed by atoms with van der Waals surface area (Å²) < 4.78 is 15.5. The molecule has 2 heterocycles. The molecule has 0 saturated carbocycles. The molecule has 86 valence electrons. The van der Waals surface area contributed by atoms with E-state index in [1.54, 1.807) is 13.8 Å². The standard InChI is InChI=1S/C9H14O6/c1-9(2)13-3-4(15-9)7-5(10)6(11)8(12)14-7/h4-7,10-11H,3H2,1-2H3/t4-,5-,6+,7-/m1/s1. The third-order valence-electron chi connectivity index (χ3n) is 2.55. The monoisotopic (exact) mass is 218 g/mol. The van der Waals surface area contributed by atoms with Crippen molar-refractivity contribution in [2.45, 2.75) is 44.1 Å². The summed E-state index contributed by atoms with van der Waals surface area (Å²) >= 11 is 0. The zero-order chi connectivity index (χ0) is 11.2. The summed E-state index contributed by atoms with van der Waals surface area (Å²) in [5.74, 6) is -1.56. The van der Waals surface area contributed by atoms with Gasteiger partial charge in [-0.2, -0.15) is 0 Å². The van der Waals surface area contributed by atoms with Gasteiger partial charge < -0.3 is 24.4 Å². The Morgan fingerprint density at radius 1 is 1.40 bits per heavy atom. The van der Waals surface area contributed by atoms with Crippen molar-refractivity contribution in [3.05, 3.63) is 0 Å². The van der Waals surface area contributed by atoms with Crippen molar-refractivity contribution in [3.63, 3.8) is 0 Å². The van der Waals surface area contributed by atoms with Gasteiger partial charge in [0.05, 0.1) is 6.61 Å². The summed E-state index contributed by atoms with van der Waals surface area (Å²) in [5, 5.41) is 18.7. The Labute approximate surface area is 86.7 Å². The Morgan fingerprint density at radius 2 is 2.07 bits per heavy atom. The van der Waals surface area contributed by atoms with E-state index in [-0.39, 0.29) is 6.61 Å². The molecule has 0 radical (unpaired) electrons. The Balaban J connectivity index is 2.04. The van der Waals surface area contributed by atoms with Gasteiger partial charge in [-0.25, -0.2) is 4.79 Å². The summed E-state index contributed by atoms with van der Waals surface area (Å²) in [6, 6.07) is 0. The number of ether oxygens (including phenoxy) is 3. The third-order valence-corrected chi connectivity index (χ3v) is 2.55. The van der Waals surface area contributed by atoms with Crippen LogP contribution in [0.1, 0.15) is 13.8 Å². The van der Waals surface area contributed by atoms with Gasteiger partial charge in [0.1, 0.15) is 12.2 Å². The minimum absolute atomic E-state index is 0.231. The van der Waals surface area contributed by atoms with Crippen molar-refractivity contribution in [3.8, 4) is 0 Å². The van der Waals surface area contributed by atoms with E-state index in [1.165, 1.54) is 0 Å². The van der Waals surface area contributed by atoms with E-state index in [2.05, 4.69) is 0 Å². The number of carbonyl (C=O) groups is 1. The molecular formula is C9H14O6. The molecule has 0 unspecified atom stereocenters. The molecule has 2 aliphatic rings. The van der Waals surface area contributed by atoms with Gasteiger partial charge in [-0.05, 0) is 13.8 Å². The number of hydrogen-bond acceptors (Lipinski definition) is 6. The molecule has 4 atom stereocenters. The first-order valence-electron chi connectivity index (χ1n) is 4.79. The van der Waals surface area contributed by atoms with E-state index in [9.17, 15) is 15.0 Å². The lowest BCUT2D eigenvalue weighted by molar-refractivity contribution is -0.166. The molecule has 0 aromatic carbocycles. The molecule has 0 bridgehead atoms. The number of aliphatic hydroxyl groups excluding tert-OH is 2. The predicted octanol–water partition coefficient (Wildman–Crippen LogP) is -1.21. The summed E-state index contributed by atoms with van der Waals surface area (Å²) in [6.07, 6.45) is -4.12. The van der Waals surface area contributed by atoms with Gasteiger partial charge >= 0.3 is 5.97 Å². The molecule has 15 heavy (non-hydrogen) atoms. The van der Waals surface area contributed by atoms with Gasteiger partial charge in [-0.1, -0.05) is 0 Å². The fourth-order valence-electron chi connectivity index (χ4n) is 1.77. The second kappa shape index (κ2) is 3.41.